The third kappa shape index (κ3) is 6.25. The smallest absolute Gasteiger partial charge is 0.387 e. The first-order valence-corrected chi connectivity index (χ1v) is 9.85. The molecule has 0 radical (unpaired) electrons. The number of nitrogens with zero attached hydrogens (tertiary/aromatic N) is 3. The highest BCUT2D eigenvalue weighted by atomic mass is 19.3. The third-order valence-electron chi connectivity index (χ3n) is 4.74. The van der Waals surface area contributed by atoms with Crippen molar-refractivity contribution in [3.05, 3.63) is 59.9 Å². The number of piperazine rings is 1. The van der Waals surface area contributed by atoms with Gasteiger partial charge in [-0.15, -0.1) is 0 Å². The van der Waals surface area contributed by atoms with E-state index in [0.29, 0.717) is 25.3 Å². The number of rotatable bonds is 8. The predicted octanol–water partition coefficient (Wildman–Crippen LogP) is 3.44. The molecule has 2 heterocycles. The Morgan fingerprint density at radius 2 is 1.87 bits per heavy atom. The van der Waals surface area contributed by atoms with Crippen molar-refractivity contribution in [2.24, 2.45) is 0 Å². The average Bonchev–Trinajstić information content (AvgIpc) is 2.75. The second kappa shape index (κ2) is 10.7. The number of aromatic nitrogens is 1. The summed E-state index contributed by atoms with van der Waals surface area (Å²) in [5, 5.41) is 0. The number of halogens is 2. The van der Waals surface area contributed by atoms with Gasteiger partial charge in [-0.1, -0.05) is 6.07 Å². The van der Waals surface area contributed by atoms with Crippen LogP contribution >= 0.6 is 0 Å². The second-order valence-corrected chi connectivity index (χ2v) is 6.81. The molecule has 0 bridgehead atoms. The lowest BCUT2D eigenvalue weighted by atomic mass is 10.1. The minimum absolute atomic E-state index is 0.0272. The molecular weight excluding hydrogens is 392 g/mol. The molecule has 0 spiro atoms. The Morgan fingerprint density at radius 1 is 1.13 bits per heavy atom. The van der Waals surface area contributed by atoms with E-state index < -0.39 is 6.61 Å². The van der Waals surface area contributed by atoms with Crippen molar-refractivity contribution in [2.75, 3.05) is 32.8 Å². The molecule has 160 valence electrons. The molecule has 30 heavy (non-hydrogen) atoms. The maximum absolute atomic E-state index is 12.5. The fourth-order valence-electron chi connectivity index (χ4n) is 3.24. The van der Waals surface area contributed by atoms with Gasteiger partial charge in [-0.2, -0.15) is 8.78 Å². The van der Waals surface area contributed by atoms with Crippen LogP contribution in [0.2, 0.25) is 0 Å². The van der Waals surface area contributed by atoms with Gasteiger partial charge < -0.3 is 14.4 Å². The molecule has 1 saturated heterocycles. The lowest BCUT2D eigenvalue weighted by molar-refractivity contribution is -0.127. The van der Waals surface area contributed by atoms with Crippen LogP contribution in [0.5, 0.6) is 11.5 Å². The van der Waals surface area contributed by atoms with Crippen molar-refractivity contribution in [1.29, 1.82) is 0 Å². The Balaban J connectivity index is 1.55. The third-order valence-corrected chi connectivity index (χ3v) is 4.74. The van der Waals surface area contributed by atoms with Crippen molar-refractivity contribution in [3.63, 3.8) is 0 Å². The molecule has 2 aromatic rings. The zero-order valence-corrected chi connectivity index (χ0v) is 16.8. The zero-order valence-electron chi connectivity index (χ0n) is 16.8. The van der Waals surface area contributed by atoms with E-state index in [-0.39, 0.29) is 17.4 Å². The summed E-state index contributed by atoms with van der Waals surface area (Å²) in [6, 6.07) is 8.59. The standard InChI is InChI=1S/C22H25F2N3O3/c1-2-29-20-15-17(3-5-19(20)30-22(23)24)4-6-21(28)27-13-11-26(12-14-27)16-18-7-9-25-10-8-18/h3-10,15,22H,2,11-14,16H2,1H3. The Labute approximate surface area is 174 Å². The molecule has 0 saturated carbocycles. The maximum atomic E-state index is 12.5. The maximum Gasteiger partial charge on any atom is 0.387 e. The summed E-state index contributed by atoms with van der Waals surface area (Å²) in [5.41, 5.74) is 1.87. The molecular formula is C22H25F2N3O3. The van der Waals surface area contributed by atoms with Crippen LogP contribution in [-0.4, -0.2) is 60.1 Å². The van der Waals surface area contributed by atoms with Crippen molar-refractivity contribution < 1.29 is 23.0 Å². The summed E-state index contributed by atoms with van der Waals surface area (Å²) in [5.74, 6) is 0.113. The summed E-state index contributed by atoms with van der Waals surface area (Å²) in [4.78, 5) is 20.6. The Bertz CT molecular complexity index is 854. The van der Waals surface area contributed by atoms with Crippen LogP contribution in [0.4, 0.5) is 8.78 Å². The Hall–Kier alpha value is -3.00. The minimum atomic E-state index is -2.93. The average molecular weight is 417 g/mol. The molecule has 0 atom stereocenters. The fraction of sp³-hybridized carbons (Fsp3) is 0.364. The number of alkyl halides is 2. The van der Waals surface area contributed by atoms with Crippen molar-refractivity contribution >= 4 is 12.0 Å². The van der Waals surface area contributed by atoms with Gasteiger partial charge in [0.15, 0.2) is 11.5 Å². The number of carbonyl (C=O) groups is 1. The number of hydrogen-bond donors (Lipinski definition) is 0. The SMILES string of the molecule is CCOc1cc(C=CC(=O)N2CCN(Cc3ccncc3)CC2)ccc1OC(F)F. The van der Waals surface area contributed by atoms with Crippen molar-refractivity contribution in [3.8, 4) is 11.5 Å². The molecule has 1 aliphatic heterocycles. The first-order chi connectivity index (χ1) is 14.5. The van der Waals surface area contributed by atoms with Crippen LogP contribution in [0, 0.1) is 0 Å². The summed E-state index contributed by atoms with van der Waals surface area (Å²) in [7, 11) is 0. The van der Waals surface area contributed by atoms with Crippen LogP contribution in [0.25, 0.3) is 6.08 Å². The molecule has 8 heteroatoms. The van der Waals surface area contributed by atoms with Gasteiger partial charge in [-0.25, -0.2) is 0 Å². The predicted molar refractivity (Wildman–Crippen MR) is 109 cm³/mol. The molecule has 1 aromatic heterocycles. The number of benzene rings is 1. The van der Waals surface area contributed by atoms with Crippen LogP contribution in [0.1, 0.15) is 18.1 Å². The van der Waals surface area contributed by atoms with E-state index in [2.05, 4.69) is 14.6 Å². The summed E-state index contributed by atoms with van der Waals surface area (Å²) in [6.07, 6.45) is 6.71. The van der Waals surface area contributed by atoms with E-state index in [1.807, 2.05) is 12.1 Å². The van der Waals surface area contributed by atoms with E-state index in [1.54, 1.807) is 42.4 Å². The van der Waals surface area contributed by atoms with E-state index in [9.17, 15) is 13.6 Å². The van der Waals surface area contributed by atoms with E-state index in [1.165, 1.54) is 17.7 Å². The first-order valence-electron chi connectivity index (χ1n) is 9.85. The number of amides is 1. The topological polar surface area (TPSA) is 54.9 Å². The monoisotopic (exact) mass is 417 g/mol. The van der Waals surface area contributed by atoms with Crippen molar-refractivity contribution in [2.45, 2.75) is 20.1 Å². The van der Waals surface area contributed by atoms with Crippen LogP contribution in [0.15, 0.2) is 48.8 Å². The zero-order chi connectivity index (χ0) is 21.3. The van der Waals surface area contributed by atoms with Gasteiger partial charge >= 0.3 is 6.61 Å². The van der Waals surface area contributed by atoms with Gasteiger partial charge in [0.2, 0.25) is 5.91 Å². The quantitative estimate of drug-likeness (QED) is 0.616. The van der Waals surface area contributed by atoms with E-state index >= 15 is 0 Å². The number of hydrogen-bond acceptors (Lipinski definition) is 5. The fourth-order valence-corrected chi connectivity index (χ4v) is 3.24. The summed E-state index contributed by atoms with van der Waals surface area (Å²) >= 11 is 0. The van der Waals surface area contributed by atoms with Gasteiger partial charge in [0, 0.05) is 51.2 Å². The molecule has 0 unspecified atom stereocenters. The molecule has 3 rings (SSSR count). The van der Waals surface area contributed by atoms with Crippen LogP contribution < -0.4 is 9.47 Å². The molecule has 0 aliphatic carbocycles. The van der Waals surface area contributed by atoms with Gasteiger partial charge in [0.25, 0.3) is 0 Å². The highest BCUT2D eigenvalue weighted by Crippen LogP contribution is 2.30. The highest BCUT2D eigenvalue weighted by Gasteiger charge is 2.19. The van der Waals surface area contributed by atoms with E-state index in [0.717, 1.165) is 19.6 Å². The van der Waals surface area contributed by atoms with Gasteiger partial charge in [0.05, 0.1) is 6.61 Å². The first kappa shape index (κ1) is 21.7. The normalized spacial score (nSPS) is 15.0. The van der Waals surface area contributed by atoms with Gasteiger partial charge in [0.1, 0.15) is 0 Å². The van der Waals surface area contributed by atoms with E-state index in [4.69, 9.17) is 4.74 Å². The lowest BCUT2D eigenvalue weighted by Gasteiger charge is -2.34. The molecule has 1 aromatic carbocycles. The van der Waals surface area contributed by atoms with Gasteiger partial charge in [-0.3, -0.25) is 14.7 Å². The largest absolute Gasteiger partial charge is 0.490 e. The number of ether oxygens (including phenoxy) is 2. The molecule has 6 nitrogen and oxygen atoms in total. The lowest BCUT2D eigenvalue weighted by Crippen LogP contribution is -2.47. The molecule has 0 N–H and O–H groups in total. The van der Waals surface area contributed by atoms with Crippen LogP contribution in [-0.2, 0) is 11.3 Å². The highest BCUT2D eigenvalue weighted by molar-refractivity contribution is 5.92. The second-order valence-electron chi connectivity index (χ2n) is 6.81. The molecule has 1 fully saturated rings. The Morgan fingerprint density at radius 3 is 2.53 bits per heavy atom. The molecule has 1 aliphatic rings. The summed E-state index contributed by atoms with van der Waals surface area (Å²) in [6.45, 7) is 2.89. The van der Waals surface area contributed by atoms with Crippen LogP contribution in [0.3, 0.4) is 0 Å². The van der Waals surface area contributed by atoms with Crippen molar-refractivity contribution in [1.82, 2.24) is 14.8 Å². The number of carbonyl (C=O) groups excluding carboxylic acids is 1. The number of pyridine rings is 1. The minimum Gasteiger partial charge on any atom is -0.490 e. The Kier molecular flexibility index (Phi) is 7.73. The van der Waals surface area contributed by atoms with Gasteiger partial charge in [-0.05, 0) is 48.4 Å². The molecule has 1 amide bonds. The summed E-state index contributed by atoms with van der Waals surface area (Å²) < 4.78 is 34.8.